The highest BCUT2D eigenvalue weighted by Crippen LogP contribution is 2.46. The van der Waals surface area contributed by atoms with Crippen molar-refractivity contribution in [2.75, 3.05) is 14.2 Å². The van der Waals surface area contributed by atoms with Gasteiger partial charge in [0.15, 0.2) is 75.6 Å². The van der Waals surface area contributed by atoms with Gasteiger partial charge in [-0.1, -0.05) is 54.6 Å². The molecular formula is C96H55F16NO19S4. The first-order valence-electron chi connectivity index (χ1n) is 38.5. The van der Waals surface area contributed by atoms with Crippen LogP contribution in [-0.4, -0.2) is 62.4 Å². The maximum atomic E-state index is 15.1. The zero-order valence-electron chi connectivity index (χ0n) is 69.2. The van der Waals surface area contributed by atoms with Crippen molar-refractivity contribution in [3.05, 3.63) is 376 Å². The summed E-state index contributed by atoms with van der Waals surface area (Å²) in [6.45, 7) is 1.26. The van der Waals surface area contributed by atoms with Crippen LogP contribution in [0, 0.1) is 118 Å². The Morgan fingerprint density at radius 3 is 0.809 bits per heavy atom. The number of hydrogen-bond donors (Lipinski definition) is 1. The second-order valence-electron chi connectivity index (χ2n) is 28.4. The van der Waals surface area contributed by atoms with Crippen molar-refractivity contribution in [1.82, 2.24) is 0 Å². The molecule has 0 aliphatic heterocycles. The van der Waals surface area contributed by atoms with E-state index in [-0.39, 0.29) is 82.3 Å². The Bertz CT molecular complexity index is 7390. The van der Waals surface area contributed by atoms with Crippen molar-refractivity contribution >= 4 is 46.2 Å². The molecule has 0 aromatic heterocycles. The minimum Gasteiger partial charge on any atom is -0.497 e. The van der Waals surface area contributed by atoms with Crippen LogP contribution in [0.5, 0.6) is 80.5 Å². The van der Waals surface area contributed by atoms with Crippen LogP contribution in [0.3, 0.4) is 0 Å². The SMILES string of the molecule is COc1ccc(S(=O)(=O)c2ccc(Oc3ccc(C(=O)c4ccc(Oc5ccc(S(=O)(=O)c6ccc(OC)cc6)cc5)c(S(=O)(=O)O)c4)cc3)cc2)cc1.Cc1c(F)c(F)c(-c2c(F)c(F)c(Oc3ccc(-c4ccc(Oc5cccc(Oc6ccc(-c7ccc(Oc8c(F)c(F)c(-c9c(F)c(F)c(C)c(F)c9F)c(F)c8F)cc7)cc6)c5C#N)cc4)cc3)c(F)c2F)c(F)c1F.O=S(=O)=O. The second-order valence-corrected chi connectivity index (χ2v) is 34.1. The third-order valence-electron chi connectivity index (χ3n) is 20.1. The van der Waals surface area contributed by atoms with Crippen LogP contribution in [0.25, 0.3) is 44.5 Å². The molecule has 694 valence electrons. The average Bonchev–Trinajstić information content (AvgIpc) is 0.747. The van der Waals surface area contributed by atoms with Gasteiger partial charge in [-0.3, -0.25) is 9.35 Å². The lowest BCUT2D eigenvalue weighted by molar-refractivity contribution is 0.103. The van der Waals surface area contributed by atoms with E-state index in [1.165, 1.54) is 196 Å². The minimum atomic E-state index is -4.88. The predicted molar refractivity (Wildman–Crippen MR) is 454 cm³/mol. The quantitative estimate of drug-likeness (QED) is 0.0241. The lowest BCUT2D eigenvalue weighted by Gasteiger charge is -2.15. The van der Waals surface area contributed by atoms with Gasteiger partial charge in [0.05, 0.1) is 56.1 Å². The zero-order valence-corrected chi connectivity index (χ0v) is 72.4. The van der Waals surface area contributed by atoms with Gasteiger partial charge in [-0.05, 0) is 236 Å². The number of carbonyl (C=O) groups excluding carboxylic acids is 1. The number of ketones is 1. The Labute approximate surface area is 761 Å². The molecule has 0 amide bonds. The number of halogens is 16. The van der Waals surface area contributed by atoms with E-state index in [4.69, 9.17) is 50.5 Å². The van der Waals surface area contributed by atoms with Crippen LogP contribution in [0.2, 0.25) is 0 Å². The van der Waals surface area contributed by atoms with E-state index in [1.54, 1.807) is 42.5 Å². The second kappa shape index (κ2) is 40.3. The number of hydrogen-bond acceptors (Lipinski definition) is 19. The smallest absolute Gasteiger partial charge is 0.425 e. The molecule has 0 radical (unpaired) electrons. The Hall–Kier alpha value is -15.8. The Kier molecular flexibility index (Phi) is 29.0. The molecule has 0 saturated heterocycles. The summed E-state index contributed by atoms with van der Waals surface area (Å²) in [5, 5.41) is 10.1. The number of methoxy groups -OCH3 is 2. The van der Waals surface area contributed by atoms with Gasteiger partial charge in [0, 0.05) is 22.3 Å². The van der Waals surface area contributed by atoms with E-state index in [9.17, 15) is 75.0 Å². The fourth-order valence-electron chi connectivity index (χ4n) is 13.1. The predicted octanol–water partition coefficient (Wildman–Crippen LogP) is 24.7. The van der Waals surface area contributed by atoms with E-state index in [1.807, 2.05) is 6.07 Å². The first-order chi connectivity index (χ1) is 64.5. The molecule has 136 heavy (non-hydrogen) atoms. The van der Waals surface area contributed by atoms with Crippen LogP contribution in [0.1, 0.15) is 32.6 Å². The third-order valence-corrected chi connectivity index (χ3v) is 24.5. The van der Waals surface area contributed by atoms with E-state index >= 15 is 35.1 Å². The fraction of sp³-hybridized carbons (Fsp3) is 0.0417. The molecule has 0 unspecified atom stereocenters. The van der Waals surface area contributed by atoms with Crippen molar-refractivity contribution in [3.8, 4) is 131 Å². The molecule has 0 saturated carbocycles. The van der Waals surface area contributed by atoms with Crippen LogP contribution in [0.4, 0.5) is 70.2 Å². The summed E-state index contributed by atoms with van der Waals surface area (Å²) < 4.78 is 392. The normalized spacial score (nSPS) is 11.3. The minimum absolute atomic E-state index is 0.0177. The van der Waals surface area contributed by atoms with Gasteiger partial charge in [0.2, 0.25) is 54.4 Å². The summed E-state index contributed by atoms with van der Waals surface area (Å²) in [4.78, 5) is 12.8. The molecule has 0 fully saturated rings. The highest BCUT2D eigenvalue weighted by Gasteiger charge is 2.38. The van der Waals surface area contributed by atoms with E-state index in [0.29, 0.717) is 59.1 Å². The summed E-state index contributed by atoms with van der Waals surface area (Å²) in [5.74, 6) is -38.4. The standard InChI is InChI=1S/C57H25F16NO4.C39H30O12S3.O3S/c1-23-40(58)44(62)36(45(63)41(23)59)38-48(66)52(70)56(53(71)49(38)67)77-31-18-10-27(11-19-31)25-6-14-29(15-7-25)75-34-4-3-5-35(33(34)22-74)76-30-16-8-26(9-17-30)28-12-20-32(21-13-28)78-57-54(72)50(68)39(51(69)55(57)73)37-46(64)42(60)24(2)43(61)47(37)65;1-48-28-8-16-33(17-9-28)52(41,42)35-20-12-31(13-21-35)50-30-6-3-26(4-7-30)39(40)27-5-24-37(38(25-27)54(45,46)47)51-32-14-22-36(23-15-32)53(43,44)34-18-10-29(49-2)11-19-34;1-4(2)3/h3-21H,1-2H3;3-25H,1-2H3,(H,45,46,47);. The van der Waals surface area contributed by atoms with Crippen LogP contribution in [-0.2, 0) is 40.4 Å². The number of nitriles is 1. The molecular weight excluding hydrogens is 1900 g/mol. The number of ether oxygens (including phenoxy) is 8. The number of sulfone groups is 2. The molecule has 0 heterocycles. The largest absolute Gasteiger partial charge is 0.497 e. The van der Waals surface area contributed by atoms with Gasteiger partial charge in [-0.2, -0.15) is 31.2 Å². The fourth-order valence-corrected chi connectivity index (χ4v) is 16.3. The van der Waals surface area contributed by atoms with Crippen LogP contribution < -0.4 is 37.9 Å². The molecule has 0 bridgehead atoms. The van der Waals surface area contributed by atoms with Gasteiger partial charge >= 0.3 is 10.6 Å². The zero-order chi connectivity index (χ0) is 98.4. The van der Waals surface area contributed by atoms with Gasteiger partial charge < -0.3 is 37.9 Å². The average molecular weight is 1960 g/mol. The van der Waals surface area contributed by atoms with E-state index in [0.717, 1.165) is 30.3 Å². The number of rotatable bonds is 25. The van der Waals surface area contributed by atoms with Crippen molar-refractivity contribution < 1.29 is 155 Å². The maximum Gasteiger partial charge on any atom is 0.425 e. The third kappa shape index (κ3) is 20.5. The molecule has 20 nitrogen and oxygen atoms in total. The molecule has 15 rings (SSSR count). The van der Waals surface area contributed by atoms with Crippen LogP contribution >= 0.6 is 0 Å². The summed E-state index contributed by atoms with van der Waals surface area (Å²) in [6, 6.07) is 61.6. The number of carbonyl (C=O) groups is 1. The first-order valence-corrected chi connectivity index (χ1v) is 43.9. The molecule has 0 aliphatic carbocycles. The Balaban J connectivity index is 0.000000235. The molecule has 15 aromatic rings. The molecule has 15 aromatic carbocycles. The van der Waals surface area contributed by atoms with Gasteiger partial charge in [0.25, 0.3) is 10.1 Å². The summed E-state index contributed by atoms with van der Waals surface area (Å²) in [7, 11) is -12.7. The lowest BCUT2D eigenvalue weighted by atomic mass is 9.99. The van der Waals surface area contributed by atoms with E-state index in [2.05, 4.69) is 0 Å². The van der Waals surface area contributed by atoms with Crippen molar-refractivity contribution in [2.24, 2.45) is 0 Å². The van der Waals surface area contributed by atoms with Crippen molar-refractivity contribution in [2.45, 2.75) is 38.3 Å². The summed E-state index contributed by atoms with van der Waals surface area (Å²) in [5.41, 5.74) is -8.33. The first kappa shape index (κ1) is 97.7. The molecule has 1 N–H and O–H groups in total. The maximum absolute atomic E-state index is 15.1. The highest BCUT2D eigenvalue weighted by molar-refractivity contribution is 7.91. The Morgan fingerprint density at radius 2 is 0.537 bits per heavy atom. The molecule has 0 spiro atoms. The number of benzene rings is 15. The van der Waals surface area contributed by atoms with E-state index < -0.39 is 189 Å². The summed E-state index contributed by atoms with van der Waals surface area (Å²) >= 11 is 0. The molecule has 0 atom stereocenters. The lowest BCUT2D eigenvalue weighted by Crippen LogP contribution is -2.09. The van der Waals surface area contributed by atoms with Gasteiger partial charge in [-0.15, -0.1) is 12.6 Å². The molecule has 0 aliphatic rings. The topological polar surface area (TPSA) is 289 Å². The van der Waals surface area contributed by atoms with Gasteiger partial charge in [-0.25, -0.2) is 69.5 Å². The highest BCUT2D eigenvalue weighted by atomic mass is 32.2. The van der Waals surface area contributed by atoms with Crippen LogP contribution in [0.15, 0.2) is 279 Å². The van der Waals surface area contributed by atoms with Crippen molar-refractivity contribution in [1.29, 1.82) is 5.26 Å². The molecule has 40 heteroatoms. The summed E-state index contributed by atoms with van der Waals surface area (Å²) in [6.07, 6.45) is 0. The Morgan fingerprint density at radius 1 is 0.301 bits per heavy atom. The van der Waals surface area contributed by atoms with Gasteiger partial charge in [0.1, 0.15) is 85.5 Å². The van der Waals surface area contributed by atoms with Crippen molar-refractivity contribution in [3.63, 3.8) is 0 Å². The monoisotopic (exact) mass is 1960 g/mol. The number of nitrogens with zero attached hydrogens (tertiary/aromatic N) is 1.